The predicted molar refractivity (Wildman–Crippen MR) is 88.5 cm³/mol. The molecule has 1 heterocycles. The summed E-state index contributed by atoms with van der Waals surface area (Å²) in [6.45, 7) is 1.57. The van der Waals surface area contributed by atoms with E-state index in [2.05, 4.69) is 20.8 Å². The van der Waals surface area contributed by atoms with Crippen molar-refractivity contribution in [3.8, 4) is 5.75 Å². The van der Waals surface area contributed by atoms with E-state index in [4.69, 9.17) is 9.84 Å². The van der Waals surface area contributed by atoms with Crippen LogP contribution in [0.25, 0.3) is 0 Å². The number of nitrogens with one attached hydrogen (secondary N) is 1. The van der Waals surface area contributed by atoms with Gasteiger partial charge in [-0.05, 0) is 35.0 Å². The second-order valence-electron chi connectivity index (χ2n) is 5.77. The molecule has 0 fully saturated rings. The van der Waals surface area contributed by atoms with E-state index in [-0.39, 0.29) is 6.42 Å². The molecule has 0 saturated heterocycles. The number of hydrogen-bond donors (Lipinski definition) is 2. The second kappa shape index (κ2) is 9.01. The Hall–Kier alpha value is -3.11. The Morgan fingerprint density at radius 2 is 2.11 bits per heavy atom. The normalized spacial score (nSPS) is 13.2. The third kappa shape index (κ3) is 5.43. The fourth-order valence-electron chi connectivity index (χ4n) is 2.51. The molecular formula is C16H19F2N5O4. The maximum Gasteiger partial charge on any atom is 0.326 e. The minimum absolute atomic E-state index is 0.107. The van der Waals surface area contributed by atoms with Crippen molar-refractivity contribution in [2.75, 3.05) is 7.11 Å². The number of carboxylic acids is 1. The Kier molecular flexibility index (Phi) is 6.74. The van der Waals surface area contributed by atoms with Gasteiger partial charge in [-0.25, -0.2) is 18.3 Å². The highest BCUT2D eigenvalue weighted by Crippen LogP contribution is 2.20. The lowest BCUT2D eigenvalue weighted by Crippen LogP contribution is -2.46. The molecule has 2 atom stereocenters. The Balaban J connectivity index is 2.28. The van der Waals surface area contributed by atoms with Crippen LogP contribution < -0.4 is 10.1 Å². The molecule has 27 heavy (non-hydrogen) atoms. The number of carboxylic acid groups (broad SMARTS) is 1. The number of hydrogen-bond acceptors (Lipinski definition) is 6. The van der Waals surface area contributed by atoms with Gasteiger partial charge in [-0.1, -0.05) is 12.1 Å². The van der Waals surface area contributed by atoms with Crippen molar-refractivity contribution in [2.24, 2.45) is 0 Å². The number of aromatic nitrogens is 4. The summed E-state index contributed by atoms with van der Waals surface area (Å²) in [5.41, 5.74) is 0.699. The quantitative estimate of drug-likeness (QED) is 0.663. The highest BCUT2D eigenvalue weighted by molar-refractivity contribution is 5.86. The number of benzene rings is 1. The van der Waals surface area contributed by atoms with Gasteiger partial charge in [0.2, 0.25) is 12.3 Å². The summed E-state index contributed by atoms with van der Waals surface area (Å²) in [4.78, 5) is 23.9. The molecule has 9 nitrogen and oxygen atoms in total. The number of tetrazole rings is 1. The van der Waals surface area contributed by atoms with E-state index in [1.54, 1.807) is 31.2 Å². The Morgan fingerprint density at radius 1 is 1.37 bits per heavy atom. The maximum absolute atomic E-state index is 12.7. The molecule has 11 heteroatoms. The van der Waals surface area contributed by atoms with Crippen LogP contribution in [0, 0.1) is 6.92 Å². The molecular weight excluding hydrogens is 364 g/mol. The van der Waals surface area contributed by atoms with Crippen molar-refractivity contribution in [1.29, 1.82) is 0 Å². The number of ether oxygens (including phenoxy) is 1. The number of aliphatic carboxylic acids is 1. The van der Waals surface area contributed by atoms with E-state index < -0.39 is 36.8 Å². The summed E-state index contributed by atoms with van der Waals surface area (Å²) in [5, 5.41) is 22.2. The molecule has 2 N–H and O–H groups in total. The molecule has 0 aliphatic rings. The molecule has 0 bridgehead atoms. The number of carbonyl (C=O) groups is 2. The van der Waals surface area contributed by atoms with Gasteiger partial charge < -0.3 is 15.2 Å². The number of halogens is 2. The van der Waals surface area contributed by atoms with Crippen LogP contribution in [0.2, 0.25) is 0 Å². The third-order valence-electron chi connectivity index (χ3n) is 3.85. The summed E-state index contributed by atoms with van der Waals surface area (Å²) in [6, 6.07) is 4.16. The van der Waals surface area contributed by atoms with Crippen LogP contribution in [0.1, 0.15) is 23.9 Å². The van der Waals surface area contributed by atoms with E-state index in [1.165, 1.54) is 11.8 Å². The van der Waals surface area contributed by atoms with Crippen molar-refractivity contribution in [3.05, 3.63) is 35.7 Å². The lowest BCUT2D eigenvalue weighted by molar-refractivity contribution is -0.143. The number of methoxy groups -OCH3 is 1. The molecule has 0 aliphatic heterocycles. The number of nitrogens with zero attached hydrogens (tertiary/aromatic N) is 4. The van der Waals surface area contributed by atoms with Gasteiger partial charge in [-0.15, -0.1) is 5.10 Å². The molecule has 0 spiro atoms. The van der Waals surface area contributed by atoms with Crippen LogP contribution in [0.4, 0.5) is 8.78 Å². The second-order valence-corrected chi connectivity index (χ2v) is 5.77. The van der Waals surface area contributed by atoms with Gasteiger partial charge in [0.15, 0.2) is 0 Å². The summed E-state index contributed by atoms with van der Waals surface area (Å²) in [7, 11) is 1.50. The van der Waals surface area contributed by atoms with Crippen molar-refractivity contribution in [3.63, 3.8) is 0 Å². The van der Waals surface area contributed by atoms with Crippen molar-refractivity contribution >= 4 is 11.9 Å². The van der Waals surface area contributed by atoms with Crippen molar-refractivity contribution < 1.29 is 28.2 Å². The number of alkyl halides is 2. The fourth-order valence-corrected chi connectivity index (χ4v) is 2.51. The van der Waals surface area contributed by atoms with E-state index in [9.17, 15) is 18.4 Å². The number of amides is 1. The van der Waals surface area contributed by atoms with Gasteiger partial charge in [-0.2, -0.15) is 0 Å². The molecule has 2 aromatic rings. The SMILES string of the molecule is COc1cccc(CC(C(=O)NC(CC(F)F)C(=O)O)n2nnnc2C)c1. The minimum Gasteiger partial charge on any atom is -0.497 e. The number of aryl methyl sites for hydroxylation is 1. The van der Waals surface area contributed by atoms with E-state index in [1.807, 2.05) is 0 Å². The van der Waals surface area contributed by atoms with Gasteiger partial charge in [0.05, 0.1) is 7.11 Å². The average Bonchev–Trinajstić information content (AvgIpc) is 3.04. The van der Waals surface area contributed by atoms with Crippen molar-refractivity contribution in [2.45, 2.75) is 38.3 Å². The molecule has 0 aliphatic carbocycles. The standard InChI is InChI=1S/C16H19F2N5O4/c1-9-20-21-22-23(9)13(7-10-4-3-5-11(6-10)27-2)15(24)19-12(16(25)26)8-14(17)18/h3-6,12-14H,7-8H2,1-2H3,(H,19,24)(H,25,26). The summed E-state index contributed by atoms with van der Waals surface area (Å²) >= 11 is 0. The molecule has 0 saturated carbocycles. The van der Waals surface area contributed by atoms with Crippen LogP contribution in [-0.4, -0.2) is 56.8 Å². The zero-order valence-corrected chi connectivity index (χ0v) is 14.7. The third-order valence-corrected chi connectivity index (χ3v) is 3.85. The van der Waals surface area contributed by atoms with Crippen LogP contribution in [0.15, 0.2) is 24.3 Å². The van der Waals surface area contributed by atoms with Crippen molar-refractivity contribution in [1.82, 2.24) is 25.5 Å². The molecule has 146 valence electrons. The number of carbonyl (C=O) groups excluding carboxylic acids is 1. The summed E-state index contributed by atoms with van der Waals surface area (Å²) in [6.07, 6.45) is -3.77. The summed E-state index contributed by atoms with van der Waals surface area (Å²) in [5.74, 6) is -1.43. The fraction of sp³-hybridized carbons (Fsp3) is 0.438. The lowest BCUT2D eigenvalue weighted by Gasteiger charge is -2.21. The smallest absolute Gasteiger partial charge is 0.326 e. The lowest BCUT2D eigenvalue weighted by atomic mass is 10.0. The topological polar surface area (TPSA) is 119 Å². The monoisotopic (exact) mass is 383 g/mol. The molecule has 1 aromatic carbocycles. The first-order valence-electron chi connectivity index (χ1n) is 8.00. The molecule has 1 aromatic heterocycles. The zero-order chi connectivity index (χ0) is 20.0. The first kappa shape index (κ1) is 20.2. The molecule has 2 rings (SSSR count). The van der Waals surface area contributed by atoms with Crippen LogP contribution >= 0.6 is 0 Å². The Morgan fingerprint density at radius 3 is 2.67 bits per heavy atom. The first-order valence-corrected chi connectivity index (χ1v) is 8.00. The highest BCUT2D eigenvalue weighted by atomic mass is 19.3. The van der Waals surface area contributed by atoms with Crippen LogP contribution in [0.5, 0.6) is 5.75 Å². The van der Waals surface area contributed by atoms with Gasteiger partial charge in [-0.3, -0.25) is 4.79 Å². The molecule has 1 amide bonds. The highest BCUT2D eigenvalue weighted by Gasteiger charge is 2.30. The van der Waals surface area contributed by atoms with Gasteiger partial charge in [0, 0.05) is 12.8 Å². The molecule has 0 radical (unpaired) electrons. The van der Waals surface area contributed by atoms with E-state index in [0.29, 0.717) is 17.1 Å². The Bertz CT molecular complexity index is 799. The number of rotatable bonds is 9. The maximum atomic E-state index is 12.7. The van der Waals surface area contributed by atoms with Gasteiger partial charge >= 0.3 is 5.97 Å². The van der Waals surface area contributed by atoms with Gasteiger partial charge in [0.25, 0.3) is 0 Å². The molecule has 2 unspecified atom stereocenters. The van der Waals surface area contributed by atoms with Gasteiger partial charge in [0.1, 0.15) is 23.7 Å². The zero-order valence-electron chi connectivity index (χ0n) is 14.7. The van der Waals surface area contributed by atoms with E-state index >= 15 is 0 Å². The van der Waals surface area contributed by atoms with Crippen LogP contribution in [0.3, 0.4) is 0 Å². The van der Waals surface area contributed by atoms with E-state index in [0.717, 1.165) is 0 Å². The first-order chi connectivity index (χ1) is 12.8. The summed E-state index contributed by atoms with van der Waals surface area (Å²) < 4.78 is 31.6. The van der Waals surface area contributed by atoms with Crippen LogP contribution in [-0.2, 0) is 16.0 Å². The largest absolute Gasteiger partial charge is 0.497 e. The minimum atomic E-state index is -2.88. The average molecular weight is 383 g/mol. The predicted octanol–water partition coefficient (Wildman–Crippen LogP) is 0.999. The Labute approximate surface area is 153 Å².